The van der Waals surface area contributed by atoms with Gasteiger partial charge in [0, 0.05) is 11.1 Å². The molecule has 1 amide bonds. The maximum absolute atomic E-state index is 13.1. The summed E-state index contributed by atoms with van der Waals surface area (Å²) in [5, 5.41) is 2.53. The fourth-order valence-corrected chi connectivity index (χ4v) is 2.48. The molecule has 3 aromatic carbocycles. The lowest BCUT2D eigenvalue weighted by molar-refractivity contribution is -0.137. The number of halogens is 3. The van der Waals surface area contributed by atoms with Gasteiger partial charge in [0.1, 0.15) is 0 Å². The summed E-state index contributed by atoms with van der Waals surface area (Å²) in [6, 6.07) is 20.7. The SMILES string of the molecule is O=C(Nc1ccccc1C#Cc1ccccc1)c1ccccc1C(F)(F)F. The van der Waals surface area contributed by atoms with E-state index in [0.717, 1.165) is 17.7 Å². The number of nitrogens with one attached hydrogen (secondary N) is 1. The van der Waals surface area contributed by atoms with Gasteiger partial charge in [-0.05, 0) is 36.4 Å². The minimum Gasteiger partial charge on any atom is -0.321 e. The van der Waals surface area contributed by atoms with Crippen LogP contribution in [-0.4, -0.2) is 5.91 Å². The molecule has 0 unspecified atom stereocenters. The number of para-hydroxylation sites is 1. The van der Waals surface area contributed by atoms with Gasteiger partial charge in [-0.2, -0.15) is 13.2 Å². The Morgan fingerprint density at radius 2 is 1.41 bits per heavy atom. The quantitative estimate of drug-likeness (QED) is 0.609. The molecule has 0 aliphatic heterocycles. The summed E-state index contributed by atoms with van der Waals surface area (Å²) in [6.07, 6.45) is -4.61. The number of rotatable bonds is 2. The first kappa shape index (κ1) is 18.3. The highest BCUT2D eigenvalue weighted by atomic mass is 19.4. The number of benzene rings is 3. The van der Waals surface area contributed by atoms with Crippen LogP contribution >= 0.6 is 0 Å². The van der Waals surface area contributed by atoms with Gasteiger partial charge in [0.15, 0.2) is 0 Å². The lowest BCUT2D eigenvalue weighted by Gasteiger charge is -2.13. The van der Waals surface area contributed by atoms with Crippen LogP contribution in [0.15, 0.2) is 78.9 Å². The van der Waals surface area contributed by atoms with Crippen LogP contribution in [0.5, 0.6) is 0 Å². The topological polar surface area (TPSA) is 29.1 Å². The third kappa shape index (κ3) is 4.56. The van der Waals surface area contributed by atoms with E-state index < -0.39 is 23.2 Å². The summed E-state index contributed by atoms with van der Waals surface area (Å²) >= 11 is 0. The summed E-state index contributed by atoms with van der Waals surface area (Å²) in [5.41, 5.74) is 0.245. The van der Waals surface area contributed by atoms with Crippen LogP contribution in [0.4, 0.5) is 18.9 Å². The second-order valence-electron chi connectivity index (χ2n) is 5.66. The Hall–Kier alpha value is -3.52. The van der Waals surface area contributed by atoms with Crippen LogP contribution in [0.25, 0.3) is 0 Å². The van der Waals surface area contributed by atoms with E-state index in [1.807, 2.05) is 30.3 Å². The predicted octanol–water partition coefficient (Wildman–Crippen LogP) is 5.36. The van der Waals surface area contributed by atoms with E-state index in [0.29, 0.717) is 11.3 Å². The Balaban J connectivity index is 1.90. The van der Waals surface area contributed by atoms with Crippen LogP contribution in [0, 0.1) is 11.8 Å². The minimum atomic E-state index is -4.61. The van der Waals surface area contributed by atoms with Crippen LogP contribution in [0.2, 0.25) is 0 Å². The summed E-state index contributed by atoms with van der Waals surface area (Å²) in [5.74, 6) is 5.08. The summed E-state index contributed by atoms with van der Waals surface area (Å²) < 4.78 is 39.4. The Kier molecular flexibility index (Phi) is 5.28. The maximum atomic E-state index is 13.1. The van der Waals surface area contributed by atoms with Crippen molar-refractivity contribution in [2.75, 3.05) is 5.32 Å². The van der Waals surface area contributed by atoms with Crippen molar-refractivity contribution in [3.63, 3.8) is 0 Å². The van der Waals surface area contributed by atoms with Gasteiger partial charge in [-0.15, -0.1) is 0 Å². The van der Waals surface area contributed by atoms with Crippen molar-refractivity contribution < 1.29 is 18.0 Å². The number of carbonyl (C=O) groups is 1. The molecule has 3 aromatic rings. The zero-order valence-corrected chi connectivity index (χ0v) is 14.0. The average Bonchev–Trinajstić information content (AvgIpc) is 2.67. The largest absolute Gasteiger partial charge is 0.417 e. The summed E-state index contributed by atoms with van der Waals surface area (Å²) in [6.45, 7) is 0. The average molecular weight is 365 g/mol. The zero-order chi connectivity index (χ0) is 19.3. The van der Waals surface area contributed by atoms with Crippen molar-refractivity contribution in [3.05, 3.63) is 101 Å². The fourth-order valence-electron chi connectivity index (χ4n) is 2.48. The number of hydrogen-bond acceptors (Lipinski definition) is 1. The molecule has 0 aromatic heterocycles. The molecule has 134 valence electrons. The third-order valence-electron chi connectivity index (χ3n) is 3.77. The van der Waals surface area contributed by atoms with E-state index in [1.54, 1.807) is 24.3 Å². The molecule has 0 atom stereocenters. The van der Waals surface area contributed by atoms with Crippen molar-refractivity contribution in [2.24, 2.45) is 0 Å². The maximum Gasteiger partial charge on any atom is 0.417 e. The van der Waals surface area contributed by atoms with E-state index in [-0.39, 0.29) is 0 Å². The molecule has 2 nitrogen and oxygen atoms in total. The van der Waals surface area contributed by atoms with Crippen molar-refractivity contribution in [1.82, 2.24) is 0 Å². The summed E-state index contributed by atoms with van der Waals surface area (Å²) in [7, 11) is 0. The first-order valence-corrected chi connectivity index (χ1v) is 8.09. The van der Waals surface area contributed by atoms with Crippen molar-refractivity contribution >= 4 is 11.6 Å². The molecule has 0 aliphatic carbocycles. The number of alkyl halides is 3. The fraction of sp³-hybridized carbons (Fsp3) is 0.0455. The van der Waals surface area contributed by atoms with E-state index in [9.17, 15) is 18.0 Å². The zero-order valence-electron chi connectivity index (χ0n) is 14.0. The van der Waals surface area contributed by atoms with E-state index in [4.69, 9.17) is 0 Å². The number of hydrogen-bond donors (Lipinski definition) is 1. The molecule has 0 spiro atoms. The van der Waals surface area contributed by atoms with Gasteiger partial charge in [0.25, 0.3) is 5.91 Å². The Morgan fingerprint density at radius 1 is 0.778 bits per heavy atom. The Morgan fingerprint density at radius 3 is 2.15 bits per heavy atom. The van der Waals surface area contributed by atoms with E-state index in [1.165, 1.54) is 12.1 Å². The standard InChI is InChI=1S/C22H14F3NO/c23-22(24,25)19-12-6-5-11-18(19)21(27)26-20-13-7-4-10-17(20)15-14-16-8-2-1-3-9-16/h1-13H,(H,26,27). The van der Waals surface area contributed by atoms with Gasteiger partial charge in [0.05, 0.1) is 16.8 Å². The molecule has 27 heavy (non-hydrogen) atoms. The minimum absolute atomic E-state index is 0.350. The molecule has 3 rings (SSSR count). The van der Waals surface area contributed by atoms with Gasteiger partial charge >= 0.3 is 6.18 Å². The van der Waals surface area contributed by atoms with Crippen molar-refractivity contribution in [1.29, 1.82) is 0 Å². The van der Waals surface area contributed by atoms with Crippen LogP contribution in [0.3, 0.4) is 0 Å². The molecular weight excluding hydrogens is 351 g/mol. The van der Waals surface area contributed by atoms with Crippen molar-refractivity contribution in [2.45, 2.75) is 6.18 Å². The number of carbonyl (C=O) groups excluding carboxylic acids is 1. The molecule has 0 saturated heterocycles. The lowest BCUT2D eigenvalue weighted by atomic mass is 10.1. The highest BCUT2D eigenvalue weighted by Crippen LogP contribution is 2.32. The highest BCUT2D eigenvalue weighted by molar-refractivity contribution is 6.06. The van der Waals surface area contributed by atoms with Crippen LogP contribution in [-0.2, 0) is 6.18 Å². The second-order valence-corrected chi connectivity index (χ2v) is 5.66. The van der Waals surface area contributed by atoms with Crippen molar-refractivity contribution in [3.8, 4) is 11.8 Å². The third-order valence-corrected chi connectivity index (χ3v) is 3.77. The van der Waals surface area contributed by atoms with Crippen LogP contribution in [0.1, 0.15) is 27.0 Å². The van der Waals surface area contributed by atoms with Gasteiger partial charge in [-0.25, -0.2) is 0 Å². The van der Waals surface area contributed by atoms with Crippen LogP contribution < -0.4 is 5.32 Å². The molecule has 0 bridgehead atoms. The van der Waals surface area contributed by atoms with Gasteiger partial charge < -0.3 is 5.32 Å². The molecule has 0 fully saturated rings. The van der Waals surface area contributed by atoms with Gasteiger partial charge in [-0.3, -0.25) is 4.79 Å². The van der Waals surface area contributed by atoms with Gasteiger partial charge in [-0.1, -0.05) is 54.3 Å². The van der Waals surface area contributed by atoms with E-state index in [2.05, 4.69) is 17.2 Å². The highest BCUT2D eigenvalue weighted by Gasteiger charge is 2.34. The smallest absolute Gasteiger partial charge is 0.321 e. The molecule has 0 radical (unpaired) electrons. The predicted molar refractivity (Wildman–Crippen MR) is 98.3 cm³/mol. The normalized spacial score (nSPS) is 10.6. The molecule has 0 saturated carbocycles. The number of anilines is 1. The molecule has 0 heterocycles. The molecule has 0 aliphatic rings. The first-order valence-electron chi connectivity index (χ1n) is 8.09. The number of amides is 1. The second kappa shape index (κ2) is 7.79. The molecule has 5 heteroatoms. The monoisotopic (exact) mass is 365 g/mol. The van der Waals surface area contributed by atoms with E-state index >= 15 is 0 Å². The first-order chi connectivity index (χ1) is 12.9. The summed E-state index contributed by atoms with van der Waals surface area (Å²) in [4.78, 5) is 12.4. The van der Waals surface area contributed by atoms with Gasteiger partial charge in [0.2, 0.25) is 0 Å². The molecule has 1 N–H and O–H groups in total. The lowest BCUT2D eigenvalue weighted by Crippen LogP contribution is -2.19. The Bertz CT molecular complexity index is 1010. The Labute approximate surface area is 154 Å². The molecular formula is C22H14F3NO.